The Morgan fingerprint density at radius 1 is 1.09 bits per heavy atom. The molecule has 0 fully saturated rings. The number of nitrogens with zero attached hydrogens (tertiary/aromatic N) is 1. The van der Waals surface area contributed by atoms with Crippen molar-refractivity contribution in [2.45, 2.75) is 19.3 Å². The zero-order valence-corrected chi connectivity index (χ0v) is 18.0. The molecule has 1 aliphatic heterocycles. The van der Waals surface area contributed by atoms with Crippen LogP contribution in [0.15, 0.2) is 53.3 Å². The molecule has 4 N–H and O–H groups in total. The molecule has 0 saturated carbocycles. The molecule has 0 radical (unpaired) electrons. The maximum atomic E-state index is 13.1. The molecule has 10 nitrogen and oxygen atoms in total. The zero-order chi connectivity index (χ0) is 24.2. The van der Waals surface area contributed by atoms with Gasteiger partial charge >= 0.3 is 5.97 Å². The summed E-state index contributed by atoms with van der Waals surface area (Å²) >= 11 is 0. The molecule has 0 bridgehead atoms. The summed E-state index contributed by atoms with van der Waals surface area (Å²) in [6, 6.07) is 11.4. The van der Waals surface area contributed by atoms with Crippen LogP contribution in [-0.4, -0.2) is 34.4 Å². The van der Waals surface area contributed by atoms with Gasteiger partial charge < -0.3 is 20.7 Å². The second kappa shape index (κ2) is 9.53. The largest absolute Gasteiger partial charge is 0.462 e. The van der Waals surface area contributed by atoms with E-state index in [4.69, 9.17) is 4.74 Å². The molecule has 4 rings (SSSR count). The van der Waals surface area contributed by atoms with Crippen molar-refractivity contribution in [2.75, 3.05) is 22.6 Å². The van der Waals surface area contributed by atoms with Gasteiger partial charge in [0.1, 0.15) is 11.6 Å². The van der Waals surface area contributed by atoms with Gasteiger partial charge in [-0.2, -0.15) is 4.98 Å². The number of hydrogen-bond acceptors (Lipinski definition) is 7. The predicted octanol–water partition coefficient (Wildman–Crippen LogP) is 2.89. The average molecular weight is 465 g/mol. The van der Waals surface area contributed by atoms with E-state index in [1.165, 1.54) is 48.5 Å². The highest BCUT2D eigenvalue weighted by molar-refractivity contribution is 6.04. The molecule has 34 heavy (non-hydrogen) atoms. The van der Waals surface area contributed by atoms with E-state index in [0.29, 0.717) is 16.9 Å². The van der Waals surface area contributed by atoms with E-state index in [-0.39, 0.29) is 30.4 Å². The van der Waals surface area contributed by atoms with Gasteiger partial charge in [0.25, 0.3) is 5.56 Å². The summed E-state index contributed by atoms with van der Waals surface area (Å²) in [7, 11) is 0. The smallest absolute Gasteiger partial charge is 0.338 e. The van der Waals surface area contributed by atoms with E-state index in [2.05, 4.69) is 25.9 Å². The van der Waals surface area contributed by atoms with Crippen molar-refractivity contribution >= 4 is 40.9 Å². The summed E-state index contributed by atoms with van der Waals surface area (Å²) < 4.78 is 18.0. The van der Waals surface area contributed by atoms with Crippen LogP contribution in [0.2, 0.25) is 0 Å². The van der Waals surface area contributed by atoms with Crippen LogP contribution in [0.1, 0.15) is 35.2 Å². The van der Waals surface area contributed by atoms with Crippen molar-refractivity contribution in [2.24, 2.45) is 0 Å². The summed E-state index contributed by atoms with van der Waals surface area (Å²) in [6.45, 7) is 1.94. The Labute approximate surface area is 192 Å². The first-order valence-corrected chi connectivity index (χ1v) is 10.4. The molecular weight excluding hydrogens is 445 g/mol. The Hall–Kier alpha value is -4.54. The molecule has 11 heteroatoms. The maximum Gasteiger partial charge on any atom is 0.338 e. The van der Waals surface area contributed by atoms with Gasteiger partial charge in [-0.05, 0) is 55.5 Å². The molecule has 174 valence electrons. The first-order valence-electron chi connectivity index (χ1n) is 10.4. The normalized spacial score (nSPS) is 14.5. The Balaban J connectivity index is 1.55. The lowest BCUT2D eigenvalue weighted by molar-refractivity contribution is -0.123. The maximum absolute atomic E-state index is 13.1. The van der Waals surface area contributed by atoms with Crippen LogP contribution in [0, 0.1) is 5.82 Å². The van der Waals surface area contributed by atoms with Crippen molar-refractivity contribution in [1.29, 1.82) is 0 Å². The molecule has 0 saturated heterocycles. The topological polar surface area (TPSA) is 142 Å². The summed E-state index contributed by atoms with van der Waals surface area (Å²) in [5.41, 5.74) is 0.582. The molecule has 2 heterocycles. The van der Waals surface area contributed by atoms with Crippen molar-refractivity contribution < 1.29 is 23.5 Å². The number of amides is 2. The predicted molar refractivity (Wildman–Crippen MR) is 122 cm³/mol. The lowest BCUT2D eigenvalue weighted by atomic mass is 9.92. The van der Waals surface area contributed by atoms with E-state index in [1.807, 2.05) is 0 Å². The lowest BCUT2D eigenvalue weighted by Crippen LogP contribution is -2.36. The summed E-state index contributed by atoms with van der Waals surface area (Å²) in [5, 5.41) is 7.99. The van der Waals surface area contributed by atoms with Gasteiger partial charge in [0, 0.05) is 17.8 Å². The van der Waals surface area contributed by atoms with Crippen molar-refractivity contribution in [3.63, 3.8) is 0 Å². The fraction of sp³-hybridized carbons (Fsp3) is 0.174. The Kier molecular flexibility index (Phi) is 6.35. The second-order valence-corrected chi connectivity index (χ2v) is 7.40. The number of H-pyrrole nitrogens is 1. The minimum absolute atomic E-state index is 0.0184. The third-order valence-electron chi connectivity index (χ3n) is 5.04. The van der Waals surface area contributed by atoms with E-state index >= 15 is 0 Å². The fourth-order valence-corrected chi connectivity index (χ4v) is 3.46. The molecule has 3 aromatic rings. The molecule has 0 aliphatic carbocycles. The van der Waals surface area contributed by atoms with Gasteiger partial charge in [-0.15, -0.1) is 0 Å². The number of halogens is 1. The van der Waals surface area contributed by atoms with Crippen molar-refractivity contribution in [3.8, 4) is 0 Å². The zero-order valence-electron chi connectivity index (χ0n) is 18.0. The van der Waals surface area contributed by atoms with E-state index in [0.717, 1.165) is 0 Å². The number of benzene rings is 2. The fourth-order valence-electron chi connectivity index (χ4n) is 3.46. The van der Waals surface area contributed by atoms with E-state index < -0.39 is 35.1 Å². The van der Waals surface area contributed by atoms with Crippen LogP contribution in [0.3, 0.4) is 0 Å². The molecule has 2 amide bonds. The number of aromatic nitrogens is 2. The Morgan fingerprint density at radius 3 is 2.44 bits per heavy atom. The van der Waals surface area contributed by atoms with E-state index in [1.54, 1.807) is 6.92 Å². The number of aromatic amines is 1. The Morgan fingerprint density at radius 2 is 1.76 bits per heavy atom. The number of ether oxygens (including phenoxy) is 1. The standard InChI is InChI=1S/C23H20FN5O5/c1-2-34-22(33)12-3-7-14(8-4-12)25-20(31)16-11-17(30)27-19-18(16)21(32)29-23(28-19)26-15-9-5-13(24)6-10-15/h3-10,16H,2,11H2,1H3,(H,25,31)(H3,26,27,28,29,30,32)/t16-/m1/s1. The Bertz CT molecular complexity index is 1300. The lowest BCUT2D eigenvalue weighted by Gasteiger charge is -2.23. The number of esters is 1. The number of fused-ring (bicyclic) bond motifs is 1. The third-order valence-corrected chi connectivity index (χ3v) is 5.04. The van der Waals surface area contributed by atoms with Crippen LogP contribution in [0.25, 0.3) is 0 Å². The second-order valence-electron chi connectivity index (χ2n) is 7.40. The van der Waals surface area contributed by atoms with Gasteiger partial charge in [0.05, 0.1) is 23.7 Å². The number of carbonyl (C=O) groups excluding carboxylic acids is 3. The van der Waals surface area contributed by atoms with Gasteiger partial charge in [0.2, 0.25) is 17.8 Å². The monoisotopic (exact) mass is 465 g/mol. The number of carbonyl (C=O) groups is 3. The number of nitrogens with one attached hydrogen (secondary N) is 4. The SMILES string of the molecule is CCOC(=O)c1ccc(NC(=O)[C@@H]2CC(=O)Nc3nc(Nc4ccc(F)cc4)[nH]c(=O)c32)cc1. The molecule has 1 atom stereocenters. The molecule has 1 aliphatic rings. The summed E-state index contributed by atoms with van der Waals surface area (Å²) in [4.78, 5) is 56.5. The minimum Gasteiger partial charge on any atom is -0.462 e. The van der Waals surface area contributed by atoms with Gasteiger partial charge in [-0.3, -0.25) is 19.4 Å². The van der Waals surface area contributed by atoms with Crippen LogP contribution >= 0.6 is 0 Å². The quantitative estimate of drug-likeness (QED) is 0.410. The third kappa shape index (κ3) is 4.93. The molecular formula is C23H20FN5O5. The number of hydrogen-bond donors (Lipinski definition) is 4. The van der Waals surface area contributed by atoms with Crippen LogP contribution in [-0.2, 0) is 14.3 Å². The first kappa shape index (κ1) is 22.6. The van der Waals surface area contributed by atoms with Gasteiger partial charge in [-0.1, -0.05) is 0 Å². The van der Waals surface area contributed by atoms with Crippen molar-refractivity contribution in [3.05, 3.63) is 75.8 Å². The highest BCUT2D eigenvalue weighted by atomic mass is 19.1. The molecule has 0 unspecified atom stereocenters. The van der Waals surface area contributed by atoms with Crippen LogP contribution in [0.5, 0.6) is 0 Å². The van der Waals surface area contributed by atoms with E-state index in [9.17, 15) is 23.6 Å². The van der Waals surface area contributed by atoms with Gasteiger partial charge in [0.15, 0.2) is 0 Å². The first-order chi connectivity index (χ1) is 16.3. The molecule has 0 spiro atoms. The van der Waals surface area contributed by atoms with Crippen molar-refractivity contribution in [1.82, 2.24) is 9.97 Å². The van der Waals surface area contributed by atoms with Crippen LogP contribution < -0.4 is 21.5 Å². The highest BCUT2D eigenvalue weighted by Crippen LogP contribution is 2.30. The van der Waals surface area contributed by atoms with Crippen LogP contribution in [0.4, 0.5) is 27.5 Å². The number of rotatable bonds is 6. The average Bonchev–Trinajstić information content (AvgIpc) is 2.80. The highest BCUT2D eigenvalue weighted by Gasteiger charge is 2.34. The molecule has 1 aromatic heterocycles. The summed E-state index contributed by atoms with van der Waals surface area (Å²) in [5.74, 6) is -3.06. The van der Waals surface area contributed by atoms with Gasteiger partial charge in [-0.25, -0.2) is 9.18 Å². The molecule has 2 aromatic carbocycles. The summed E-state index contributed by atoms with van der Waals surface area (Å²) in [6.07, 6.45) is -0.241. The number of anilines is 4. The minimum atomic E-state index is -1.08.